The molecule has 1 saturated heterocycles. The van der Waals surface area contributed by atoms with Crippen molar-refractivity contribution in [2.75, 3.05) is 39.4 Å². The van der Waals surface area contributed by atoms with Gasteiger partial charge < -0.3 is 29.1 Å². The molecule has 0 aliphatic carbocycles. The van der Waals surface area contributed by atoms with Crippen molar-refractivity contribution in [2.24, 2.45) is 0 Å². The van der Waals surface area contributed by atoms with Gasteiger partial charge in [0, 0.05) is 26.2 Å². The molecule has 1 aliphatic rings. The molecule has 1 N–H and O–H groups in total. The molecule has 2 aromatic carbocycles. The smallest absolute Gasteiger partial charge is 0.263 e. The van der Waals surface area contributed by atoms with E-state index in [0.717, 1.165) is 5.75 Å². The second-order valence-corrected chi connectivity index (χ2v) is 7.15. The van der Waals surface area contributed by atoms with E-state index in [9.17, 15) is 14.7 Å². The van der Waals surface area contributed by atoms with E-state index in [1.54, 1.807) is 53.1 Å². The number of carbonyl (C=O) groups is 2. The topological polar surface area (TPSA) is 88.5 Å². The van der Waals surface area contributed by atoms with E-state index in [2.05, 4.69) is 0 Å². The Bertz CT molecular complexity index is 861. The van der Waals surface area contributed by atoms with E-state index in [4.69, 9.17) is 14.2 Å². The number of hydrogen-bond acceptors (Lipinski definition) is 6. The Kier molecular flexibility index (Phi) is 7.59. The molecular formula is C23H28N2O6. The minimum atomic E-state index is -0.658. The number of hydrogen-bond donors (Lipinski definition) is 1. The number of phenols is 1. The molecule has 1 aliphatic heterocycles. The fraction of sp³-hybridized carbons (Fsp3) is 0.391. The van der Waals surface area contributed by atoms with Crippen LogP contribution in [-0.4, -0.2) is 72.2 Å². The van der Waals surface area contributed by atoms with Gasteiger partial charge in [-0.1, -0.05) is 0 Å². The highest BCUT2D eigenvalue weighted by molar-refractivity contribution is 5.82. The summed E-state index contributed by atoms with van der Waals surface area (Å²) >= 11 is 0. The molecule has 0 bridgehead atoms. The van der Waals surface area contributed by atoms with E-state index in [0.29, 0.717) is 44.3 Å². The van der Waals surface area contributed by atoms with Crippen LogP contribution in [0.5, 0.6) is 23.0 Å². The van der Waals surface area contributed by atoms with Crippen molar-refractivity contribution >= 4 is 11.8 Å². The molecule has 1 unspecified atom stereocenters. The predicted molar refractivity (Wildman–Crippen MR) is 114 cm³/mol. The Hall–Kier alpha value is -3.42. The maximum Gasteiger partial charge on any atom is 0.263 e. The Morgan fingerprint density at radius 3 is 1.97 bits per heavy atom. The highest BCUT2D eigenvalue weighted by atomic mass is 16.5. The SMILES string of the molecule is CCOc1ccc(OCC(=O)N2CCN(C(=O)C(C)Oc3ccc(O)cc3)CC2)cc1. The first-order chi connectivity index (χ1) is 15.0. The lowest BCUT2D eigenvalue weighted by Crippen LogP contribution is -2.54. The van der Waals surface area contributed by atoms with E-state index < -0.39 is 6.10 Å². The minimum Gasteiger partial charge on any atom is -0.508 e. The number of amides is 2. The van der Waals surface area contributed by atoms with Crippen LogP contribution < -0.4 is 14.2 Å². The molecule has 2 aromatic rings. The Balaban J connectivity index is 1.42. The van der Waals surface area contributed by atoms with Crippen LogP contribution in [0.4, 0.5) is 0 Å². The van der Waals surface area contributed by atoms with Gasteiger partial charge in [0.05, 0.1) is 6.61 Å². The lowest BCUT2D eigenvalue weighted by molar-refractivity contribution is -0.144. The molecule has 3 rings (SSSR count). The molecule has 0 spiro atoms. The lowest BCUT2D eigenvalue weighted by Gasteiger charge is -2.35. The zero-order chi connectivity index (χ0) is 22.2. The molecule has 1 fully saturated rings. The van der Waals surface area contributed by atoms with Crippen LogP contribution in [0.3, 0.4) is 0 Å². The van der Waals surface area contributed by atoms with Crippen LogP contribution in [0.25, 0.3) is 0 Å². The van der Waals surface area contributed by atoms with Gasteiger partial charge in [0.15, 0.2) is 12.7 Å². The summed E-state index contributed by atoms with van der Waals surface area (Å²) < 4.78 is 16.6. The largest absolute Gasteiger partial charge is 0.508 e. The first-order valence-corrected chi connectivity index (χ1v) is 10.3. The molecule has 2 amide bonds. The Labute approximate surface area is 181 Å². The van der Waals surface area contributed by atoms with Gasteiger partial charge in [-0.2, -0.15) is 0 Å². The average molecular weight is 428 g/mol. The second-order valence-electron chi connectivity index (χ2n) is 7.15. The fourth-order valence-corrected chi connectivity index (χ4v) is 3.25. The van der Waals surface area contributed by atoms with Crippen molar-refractivity contribution in [2.45, 2.75) is 20.0 Å². The van der Waals surface area contributed by atoms with Gasteiger partial charge in [0.25, 0.3) is 11.8 Å². The normalized spacial score (nSPS) is 14.6. The minimum absolute atomic E-state index is 0.0533. The van der Waals surface area contributed by atoms with Crippen LogP contribution in [0.2, 0.25) is 0 Å². The summed E-state index contributed by atoms with van der Waals surface area (Å²) in [5.74, 6) is 1.76. The molecule has 8 nitrogen and oxygen atoms in total. The maximum atomic E-state index is 12.6. The van der Waals surface area contributed by atoms with E-state index >= 15 is 0 Å². The summed E-state index contributed by atoms with van der Waals surface area (Å²) in [6.07, 6.45) is -0.658. The number of nitrogens with zero attached hydrogens (tertiary/aromatic N) is 2. The van der Waals surface area contributed by atoms with E-state index in [1.165, 1.54) is 12.1 Å². The number of ether oxygens (including phenoxy) is 3. The molecule has 0 aromatic heterocycles. The van der Waals surface area contributed by atoms with Crippen LogP contribution >= 0.6 is 0 Å². The zero-order valence-electron chi connectivity index (χ0n) is 17.8. The summed E-state index contributed by atoms with van der Waals surface area (Å²) in [5.41, 5.74) is 0. The Morgan fingerprint density at radius 2 is 1.39 bits per heavy atom. The van der Waals surface area contributed by atoms with Gasteiger partial charge >= 0.3 is 0 Å². The monoisotopic (exact) mass is 428 g/mol. The van der Waals surface area contributed by atoms with Gasteiger partial charge in [-0.05, 0) is 62.4 Å². The van der Waals surface area contributed by atoms with Gasteiger partial charge in [-0.15, -0.1) is 0 Å². The molecule has 1 atom stereocenters. The van der Waals surface area contributed by atoms with Crippen LogP contribution in [0.15, 0.2) is 48.5 Å². The predicted octanol–water partition coefficient (Wildman–Crippen LogP) is 2.31. The Morgan fingerprint density at radius 1 is 0.871 bits per heavy atom. The third-order valence-electron chi connectivity index (χ3n) is 4.94. The second kappa shape index (κ2) is 10.6. The first kappa shape index (κ1) is 22.3. The number of rotatable bonds is 8. The average Bonchev–Trinajstić information content (AvgIpc) is 2.79. The summed E-state index contributed by atoms with van der Waals surface area (Å²) in [6, 6.07) is 13.4. The molecule has 166 valence electrons. The summed E-state index contributed by atoms with van der Waals surface area (Å²) in [4.78, 5) is 28.5. The summed E-state index contributed by atoms with van der Waals surface area (Å²) in [7, 11) is 0. The first-order valence-electron chi connectivity index (χ1n) is 10.3. The number of phenolic OH excluding ortho intramolecular Hbond substituents is 1. The summed E-state index contributed by atoms with van der Waals surface area (Å²) in [6.45, 7) is 5.93. The quantitative estimate of drug-likeness (QED) is 0.694. The molecule has 8 heteroatoms. The highest BCUT2D eigenvalue weighted by Gasteiger charge is 2.28. The van der Waals surface area contributed by atoms with Crippen molar-refractivity contribution in [1.82, 2.24) is 9.80 Å². The van der Waals surface area contributed by atoms with Crippen LogP contribution in [-0.2, 0) is 9.59 Å². The van der Waals surface area contributed by atoms with Crippen molar-refractivity contribution in [3.05, 3.63) is 48.5 Å². The number of aromatic hydroxyl groups is 1. The zero-order valence-corrected chi connectivity index (χ0v) is 17.8. The van der Waals surface area contributed by atoms with Gasteiger partial charge in [0.1, 0.15) is 23.0 Å². The van der Waals surface area contributed by atoms with Crippen molar-refractivity contribution in [1.29, 1.82) is 0 Å². The molecular weight excluding hydrogens is 400 g/mol. The summed E-state index contributed by atoms with van der Waals surface area (Å²) in [5, 5.41) is 9.33. The number of carbonyl (C=O) groups excluding carboxylic acids is 2. The van der Waals surface area contributed by atoms with Crippen molar-refractivity contribution in [3.63, 3.8) is 0 Å². The van der Waals surface area contributed by atoms with Crippen LogP contribution in [0, 0.1) is 0 Å². The van der Waals surface area contributed by atoms with Crippen molar-refractivity contribution in [3.8, 4) is 23.0 Å². The molecule has 31 heavy (non-hydrogen) atoms. The van der Waals surface area contributed by atoms with E-state index in [1.807, 2.05) is 6.92 Å². The number of piperazine rings is 1. The van der Waals surface area contributed by atoms with E-state index in [-0.39, 0.29) is 24.2 Å². The number of benzene rings is 2. The standard InChI is InChI=1S/C23H28N2O6/c1-3-29-19-8-10-20(11-9-19)30-16-22(27)24-12-14-25(15-13-24)23(28)17(2)31-21-6-4-18(26)5-7-21/h4-11,17,26H,3,12-16H2,1-2H3. The van der Waals surface area contributed by atoms with Gasteiger partial charge in [-0.25, -0.2) is 0 Å². The maximum absolute atomic E-state index is 12.6. The molecule has 0 radical (unpaired) electrons. The van der Waals surface area contributed by atoms with Crippen molar-refractivity contribution < 1.29 is 28.9 Å². The van der Waals surface area contributed by atoms with Gasteiger partial charge in [0.2, 0.25) is 0 Å². The lowest BCUT2D eigenvalue weighted by atomic mass is 10.2. The molecule has 1 heterocycles. The highest BCUT2D eigenvalue weighted by Crippen LogP contribution is 2.19. The third-order valence-corrected chi connectivity index (χ3v) is 4.94. The molecule has 0 saturated carbocycles. The fourth-order valence-electron chi connectivity index (χ4n) is 3.25. The van der Waals surface area contributed by atoms with Gasteiger partial charge in [-0.3, -0.25) is 9.59 Å². The third kappa shape index (κ3) is 6.28. The van der Waals surface area contributed by atoms with Crippen LogP contribution in [0.1, 0.15) is 13.8 Å².